The molecule has 3 rings (SSSR count). The van der Waals surface area contributed by atoms with Crippen LogP contribution in [0.5, 0.6) is 17.2 Å². The van der Waals surface area contributed by atoms with E-state index in [0.717, 1.165) is 43.5 Å². The molecule has 0 aliphatic carbocycles. The summed E-state index contributed by atoms with van der Waals surface area (Å²) in [5, 5.41) is 4.13. The van der Waals surface area contributed by atoms with Gasteiger partial charge in [-0.3, -0.25) is 4.79 Å². The summed E-state index contributed by atoms with van der Waals surface area (Å²) in [6.45, 7) is 3.33. The SMILES string of the molecule is CCCCCCCCCC(=O)Oc1cc(Cl)ccc1Oc1ccccc1CCC1CCCCN1. The van der Waals surface area contributed by atoms with E-state index in [-0.39, 0.29) is 5.97 Å². The van der Waals surface area contributed by atoms with Gasteiger partial charge in [0.05, 0.1) is 0 Å². The highest BCUT2D eigenvalue weighted by atomic mass is 35.5. The second-order valence-electron chi connectivity index (χ2n) is 9.33. The van der Waals surface area contributed by atoms with Crippen LogP contribution in [-0.2, 0) is 11.2 Å². The van der Waals surface area contributed by atoms with E-state index in [0.29, 0.717) is 29.0 Å². The number of esters is 1. The Bertz CT molecular complexity index is 879. The van der Waals surface area contributed by atoms with Crippen molar-refractivity contribution in [2.45, 2.75) is 96.4 Å². The predicted molar refractivity (Wildman–Crippen MR) is 140 cm³/mol. The lowest BCUT2D eigenvalue weighted by Crippen LogP contribution is -2.34. The van der Waals surface area contributed by atoms with Gasteiger partial charge in [0.15, 0.2) is 11.5 Å². The van der Waals surface area contributed by atoms with E-state index < -0.39 is 0 Å². The van der Waals surface area contributed by atoms with Crippen LogP contribution in [0.25, 0.3) is 0 Å². The molecule has 1 N–H and O–H groups in total. The van der Waals surface area contributed by atoms with Gasteiger partial charge >= 0.3 is 5.97 Å². The maximum atomic E-state index is 12.5. The van der Waals surface area contributed by atoms with Crippen molar-refractivity contribution in [2.24, 2.45) is 0 Å². The number of benzene rings is 2. The monoisotopic (exact) mass is 485 g/mol. The van der Waals surface area contributed by atoms with E-state index in [1.807, 2.05) is 18.2 Å². The van der Waals surface area contributed by atoms with Gasteiger partial charge in [0.2, 0.25) is 0 Å². The first-order valence-corrected chi connectivity index (χ1v) is 13.5. The van der Waals surface area contributed by atoms with Crippen LogP contribution in [-0.4, -0.2) is 18.6 Å². The Labute approximate surface area is 210 Å². The molecule has 34 heavy (non-hydrogen) atoms. The molecule has 5 heteroatoms. The van der Waals surface area contributed by atoms with E-state index >= 15 is 0 Å². The number of aryl methyl sites for hydroxylation is 1. The van der Waals surface area contributed by atoms with Gasteiger partial charge in [-0.05, 0) is 62.4 Å². The summed E-state index contributed by atoms with van der Waals surface area (Å²) < 4.78 is 11.9. The number of halogens is 1. The molecule has 0 amide bonds. The zero-order valence-electron chi connectivity index (χ0n) is 20.6. The number of carbonyl (C=O) groups is 1. The van der Waals surface area contributed by atoms with Crippen molar-refractivity contribution in [3.05, 3.63) is 53.1 Å². The number of hydrogen-bond acceptors (Lipinski definition) is 4. The first kappa shape index (κ1) is 26.6. The molecule has 186 valence electrons. The van der Waals surface area contributed by atoms with Crippen molar-refractivity contribution < 1.29 is 14.3 Å². The Morgan fingerprint density at radius 3 is 2.56 bits per heavy atom. The third-order valence-corrected chi connectivity index (χ3v) is 6.72. The smallest absolute Gasteiger partial charge is 0.311 e. The molecule has 2 aromatic rings. The van der Waals surface area contributed by atoms with Crippen molar-refractivity contribution in [1.82, 2.24) is 5.32 Å². The number of unbranched alkanes of at least 4 members (excludes halogenated alkanes) is 6. The second kappa shape index (κ2) is 15.1. The van der Waals surface area contributed by atoms with Crippen molar-refractivity contribution in [3.8, 4) is 17.2 Å². The highest BCUT2D eigenvalue weighted by Gasteiger charge is 2.16. The van der Waals surface area contributed by atoms with E-state index in [1.54, 1.807) is 18.2 Å². The molecule has 2 aromatic carbocycles. The fourth-order valence-electron chi connectivity index (χ4n) is 4.47. The fourth-order valence-corrected chi connectivity index (χ4v) is 4.64. The van der Waals surface area contributed by atoms with E-state index in [2.05, 4.69) is 18.3 Å². The minimum absolute atomic E-state index is 0.239. The second-order valence-corrected chi connectivity index (χ2v) is 9.77. The average Bonchev–Trinajstić information content (AvgIpc) is 2.85. The molecule has 4 nitrogen and oxygen atoms in total. The van der Waals surface area contributed by atoms with Crippen molar-refractivity contribution in [2.75, 3.05) is 6.54 Å². The van der Waals surface area contributed by atoms with Gasteiger partial charge in [-0.15, -0.1) is 0 Å². The van der Waals surface area contributed by atoms with Crippen LogP contribution in [0.1, 0.15) is 89.5 Å². The van der Waals surface area contributed by atoms with Gasteiger partial charge in [0, 0.05) is 23.6 Å². The lowest BCUT2D eigenvalue weighted by atomic mass is 9.97. The number of nitrogens with one attached hydrogen (secondary N) is 1. The standard InChI is InChI=1S/C29H40ClNO3/c1-2-3-4-5-6-7-8-16-29(32)34-28-22-24(30)18-20-27(28)33-26-15-10-9-13-23(26)17-19-25-14-11-12-21-31-25/h9-10,13,15,18,20,22,25,31H,2-8,11-12,14,16-17,19,21H2,1H3. The molecule has 0 saturated carbocycles. The zero-order chi connectivity index (χ0) is 24.0. The zero-order valence-corrected chi connectivity index (χ0v) is 21.4. The number of para-hydroxylation sites is 1. The molecule has 1 fully saturated rings. The number of ether oxygens (including phenoxy) is 2. The number of carbonyl (C=O) groups excluding carboxylic acids is 1. The fraction of sp³-hybridized carbons (Fsp3) is 0.552. The first-order chi connectivity index (χ1) is 16.7. The van der Waals surface area contributed by atoms with Crippen LogP contribution < -0.4 is 14.8 Å². The van der Waals surface area contributed by atoms with Crippen LogP contribution in [0.4, 0.5) is 0 Å². The van der Waals surface area contributed by atoms with E-state index in [9.17, 15) is 4.79 Å². The maximum absolute atomic E-state index is 12.5. The quantitative estimate of drug-likeness (QED) is 0.166. The van der Waals surface area contributed by atoms with Crippen molar-refractivity contribution in [3.63, 3.8) is 0 Å². The third-order valence-electron chi connectivity index (χ3n) is 6.48. The Hall–Kier alpha value is -2.04. The molecule has 1 aliphatic heterocycles. The molecule has 1 unspecified atom stereocenters. The predicted octanol–water partition coefficient (Wildman–Crippen LogP) is 8.25. The van der Waals surface area contributed by atoms with E-state index in [1.165, 1.54) is 51.4 Å². The number of rotatable bonds is 14. The van der Waals surface area contributed by atoms with Crippen molar-refractivity contribution >= 4 is 17.6 Å². The number of hydrogen-bond donors (Lipinski definition) is 1. The highest BCUT2D eigenvalue weighted by Crippen LogP contribution is 2.36. The summed E-state index contributed by atoms with van der Waals surface area (Å²) in [5.41, 5.74) is 1.16. The topological polar surface area (TPSA) is 47.6 Å². The lowest BCUT2D eigenvalue weighted by Gasteiger charge is -2.23. The molecule has 0 bridgehead atoms. The Morgan fingerprint density at radius 2 is 1.76 bits per heavy atom. The maximum Gasteiger partial charge on any atom is 0.311 e. The normalized spacial score (nSPS) is 15.8. The minimum atomic E-state index is -0.239. The summed E-state index contributed by atoms with van der Waals surface area (Å²) in [4.78, 5) is 12.5. The molecular formula is C29H40ClNO3. The Balaban J connectivity index is 1.56. The average molecular weight is 486 g/mol. The third kappa shape index (κ3) is 9.31. The highest BCUT2D eigenvalue weighted by molar-refractivity contribution is 6.30. The van der Waals surface area contributed by atoms with Gasteiger partial charge in [-0.25, -0.2) is 0 Å². The van der Waals surface area contributed by atoms with Gasteiger partial charge in [0.25, 0.3) is 0 Å². The molecule has 1 atom stereocenters. The first-order valence-electron chi connectivity index (χ1n) is 13.1. The van der Waals surface area contributed by atoms with Gasteiger partial charge in [0.1, 0.15) is 5.75 Å². The summed E-state index contributed by atoms with van der Waals surface area (Å²) in [6.07, 6.45) is 14.4. The van der Waals surface area contributed by atoms with Gasteiger partial charge in [-0.2, -0.15) is 0 Å². The van der Waals surface area contributed by atoms with Crippen LogP contribution in [0, 0.1) is 0 Å². The van der Waals surface area contributed by atoms with Crippen LogP contribution in [0.3, 0.4) is 0 Å². The summed E-state index contributed by atoms with van der Waals surface area (Å²) in [6, 6.07) is 13.9. The summed E-state index contributed by atoms with van der Waals surface area (Å²) in [5.74, 6) is 1.45. The Kier molecular flexibility index (Phi) is 11.8. The minimum Gasteiger partial charge on any atom is -0.453 e. The molecule has 0 radical (unpaired) electrons. The van der Waals surface area contributed by atoms with Crippen LogP contribution in [0.15, 0.2) is 42.5 Å². The summed E-state index contributed by atoms with van der Waals surface area (Å²) in [7, 11) is 0. The van der Waals surface area contributed by atoms with Crippen LogP contribution >= 0.6 is 11.6 Å². The summed E-state index contributed by atoms with van der Waals surface area (Å²) >= 11 is 6.20. The molecule has 1 heterocycles. The van der Waals surface area contributed by atoms with Crippen LogP contribution in [0.2, 0.25) is 5.02 Å². The Morgan fingerprint density at radius 1 is 0.971 bits per heavy atom. The van der Waals surface area contributed by atoms with Gasteiger partial charge in [-0.1, -0.05) is 81.7 Å². The molecule has 0 spiro atoms. The lowest BCUT2D eigenvalue weighted by molar-refractivity contribution is -0.134. The molecular weight excluding hydrogens is 446 g/mol. The molecule has 1 aliphatic rings. The van der Waals surface area contributed by atoms with Gasteiger partial charge < -0.3 is 14.8 Å². The largest absolute Gasteiger partial charge is 0.453 e. The molecule has 0 aromatic heterocycles. The van der Waals surface area contributed by atoms with Crippen molar-refractivity contribution in [1.29, 1.82) is 0 Å². The van der Waals surface area contributed by atoms with E-state index in [4.69, 9.17) is 21.1 Å². The molecule has 1 saturated heterocycles. The number of piperidine rings is 1.